The van der Waals surface area contributed by atoms with E-state index in [0.717, 1.165) is 30.5 Å². The molecule has 0 bridgehead atoms. The second-order valence-corrected chi connectivity index (χ2v) is 7.05. The summed E-state index contributed by atoms with van der Waals surface area (Å²) < 4.78 is 5.39. The van der Waals surface area contributed by atoms with Crippen molar-refractivity contribution in [1.82, 2.24) is 15.2 Å². The lowest BCUT2D eigenvalue weighted by molar-refractivity contribution is -0.124. The molecule has 0 saturated heterocycles. The summed E-state index contributed by atoms with van der Waals surface area (Å²) in [6.45, 7) is 4.77. The van der Waals surface area contributed by atoms with Crippen LogP contribution in [0, 0.1) is 5.92 Å². The standard InChI is InChI=1S/C19H27N3O3/c1-4-12(2)17(23)20-10-13-9-15-16(21-18(13)25-3)11-22(19(15)24)14-7-5-6-8-14/h9,12,14H,4-8,10-11H2,1-3H3,(H,20,23). The van der Waals surface area contributed by atoms with Crippen molar-refractivity contribution in [2.24, 2.45) is 5.92 Å². The molecule has 2 aliphatic rings. The van der Waals surface area contributed by atoms with Crippen LogP contribution in [0.15, 0.2) is 6.07 Å². The van der Waals surface area contributed by atoms with Gasteiger partial charge in [-0.25, -0.2) is 4.98 Å². The summed E-state index contributed by atoms with van der Waals surface area (Å²) >= 11 is 0. The molecule has 1 aliphatic heterocycles. The second kappa shape index (κ2) is 7.42. The molecule has 1 unspecified atom stereocenters. The van der Waals surface area contributed by atoms with E-state index in [1.165, 1.54) is 12.8 Å². The van der Waals surface area contributed by atoms with Crippen LogP contribution in [-0.4, -0.2) is 34.8 Å². The first-order chi connectivity index (χ1) is 12.0. The molecule has 25 heavy (non-hydrogen) atoms. The predicted molar refractivity (Wildman–Crippen MR) is 94.2 cm³/mol. The third-order valence-electron chi connectivity index (χ3n) is 5.42. The summed E-state index contributed by atoms with van der Waals surface area (Å²) in [6.07, 6.45) is 5.33. The van der Waals surface area contributed by atoms with E-state index in [0.29, 0.717) is 30.6 Å². The minimum atomic E-state index is -0.0344. The maximum atomic E-state index is 12.8. The number of pyridine rings is 1. The number of amides is 2. The lowest BCUT2D eigenvalue weighted by atomic mass is 10.1. The highest BCUT2D eigenvalue weighted by atomic mass is 16.5. The molecular weight excluding hydrogens is 318 g/mol. The number of fused-ring (bicyclic) bond motifs is 1. The summed E-state index contributed by atoms with van der Waals surface area (Å²) in [7, 11) is 1.57. The molecule has 136 valence electrons. The molecule has 1 atom stereocenters. The number of hydrogen-bond acceptors (Lipinski definition) is 4. The molecule has 1 aromatic rings. The fourth-order valence-electron chi connectivity index (χ4n) is 3.62. The minimum Gasteiger partial charge on any atom is -0.481 e. The van der Waals surface area contributed by atoms with Crippen LogP contribution in [0.3, 0.4) is 0 Å². The van der Waals surface area contributed by atoms with Gasteiger partial charge in [-0.3, -0.25) is 9.59 Å². The van der Waals surface area contributed by atoms with E-state index in [1.807, 2.05) is 24.8 Å². The lowest BCUT2D eigenvalue weighted by Crippen LogP contribution is -2.33. The van der Waals surface area contributed by atoms with Gasteiger partial charge < -0.3 is 15.0 Å². The minimum absolute atomic E-state index is 0.00367. The molecule has 0 spiro atoms. The monoisotopic (exact) mass is 345 g/mol. The third-order valence-corrected chi connectivity index (χ3v) is 5.42. The van der Waals surface area contributed by atoms with E-state index in [1.54, 1.807) is 7.11 Å². The maximum Gasteiger partial charge on any atom is 0.256 e. The summed E-state index contributed by atoms with van der Waals surface area (Å²) in [5.74, 6) is 0.521. The van der Waals surface area contributed by atoms with E-state index in [-0.39, 0.29) is 17.7 Å². The van der Waals surface area contributed by atoms with Gasteiger partial charge in [-0.2, -0.15) is 0 Å². The summed E-state index contributed by atoms with van der Waals surface area (Å²) in [5.41, 5.74) is 2.19. The normalized spacial score (nSPS) is 18.4. The van der Waals surface area contributed by atoms with Crippen LogP contribution >= 0.6 is 0 Å². The Balaban J connectivity index is 1.78. The molecular formula is C19H27N3O3. The van der Waals surface area contributed by atoms with Crippen molar-refractivity contribution in [3.63, 3.8) is 0 Å². The molecule has 0 aromatic carbocycles. The molecule has 0 radical (unpaired) electrons. The Bertz CT molecular complexity index is 668. The van der Waals surface area contributed by atoms with Gasteiger partial charge in [0, 0.05) is 24.1 Å². The van der Waals surface area contributed by atoms with Crippen LogP contribution in [0.5, 0.6) is 5.88 Å². The van der Waals surface area contributed by atoms with Crippen LogP contribution in [0.1, 0.15) is 67.6 Å². The van der Waals surface area contributed by atoms with Gasteiger partial charge in [-0.1, -0.05) is 26.7 Å². The fraction of sp³-hybridized carbons (Fsp3) is 0.632. The Morgan fingerprint density at radius 1 is 1.44 bits per heavy atom. The maximum absolute atomic E-state index is 12.8. The second-order valence-electron chi connectivity index (χ2n) is 7.05. The van der Waals surface area contributed by atoms with Gasteiger partial charge in [0.25, 0.3) is 5.91 Å². The van der Waals surface area contributed by atoms with Gasteiger partial charge in [0.1, 0.15) is 0 Å². The number of carbonyl (C=O) groups is 2. The topological polar surface area (TPSA) is 71.5 Å². The van der Waals surface area contributed by atoms with Gasteiger partial charge in [-0.15, -0.1) is 0 Å². The number of ether oxygens (including phenoxy) is 1. The number of nitrogens with zero attached hydrogens (tertiary/aromatic N) is 2. The number of carbonyl (C=O) groups excluding carboxylic acids is 2. The molecule has 6 heteroatoms. The fourth-order valence-corrected chi connectivity index (χ4v) is 3.62. The number of nitrogens with one attached hydrogen (secondary N) is 1. The van der Waals surface area contributed by atoms with E-state index in [2.05, 4.69) is 10.3 Å². The SMILES string of the molecule is CCC(C)C(=O)NCc1cc2c(nc1OC)CN(C1CCCC1)C2=O. The average Bonchev–Trinajstić information content (AvgIpc) is 3.26. The van der Waals surface area contributed by atoms with E-state index < -0.39 is 0 Å². The Labute approximate surface area is 148 Å². The van der Waals surface area contributed by atoms with Crippen molar-refractivity contribution in [1.29, 1.82) is 0 Å². The molecule has 1 saturated carbocycles. The van der Waals surface area contributed by atoms with Gasteiger partial charge in [-0.05, 0) is 25.3 Å². The smallest absolute Gasteiger partial charge is 0.256 e. The molecule has 1 aromatic heterocycles. The quantitative estimate of drug-likeness (QED) is 0.860. The first-order valence-electron chi connectivity index (χ1n) is 9.20. The Hall–Kier alpha value is -2.11. The van der Waals surface area contributed by atoms with Crippen molar-refractivity contribution < 1.29 is 14.3 Å². The molecule has 2 amide bonds. The lowest BCUT2D eigenvalue weighted by Gasteiger charge is -2.22. The Morgan fingerprint density at radius 2 is 2.16 bits per heavy atom. The number of hydrogen-bond donors (Lipinski definition) is 1. The predicted octanol–water partition coefficient (Wildman–Crippen LogP) is 2.65. The van der Waals surface area contributed by atoms with E-state index in [4.69, 9.17) is 4.74 Å². The number of aromatic nitrogens is 1. The first kappa shape index (κ1) is 17.7. The zero-order valence-corrected chi connectivity index (χ0v) is 15.3. The van der Waals surface area contributed by atoms with Crippen molar-refractivity contribution in [2.45, 2.75) is 65.1 Å². The van der Waals surface area contributed by atoms with E-state index in [9.17, 15) is 9.59 Å². The number of methoxy groups -OCH3 is 1. The van der Waals surface area contributed by atoms with Gasteiger partial charge in [0.05, 0.1) is 24.9 Å². The summed E-state index contributed by atoms with van der Waals surface area (Å²) in [6, 6.07) is 2.18. The van der Waals surface area contributed by atoms with Crippen LogP contribution < -0.4 is 10.1 Å². The molecule has 1 aliphatic carbocycles. The van der Waals surface area contributed by atoms with Crippen molar-refractivity contribution in [3.8, 4) is 5.88 Å². The number of rotatable bonds is 6. The van der Waals surface area contributed by atoms with Gasteiger partial charge >= 0.3 is 0 Å². The Kier molecular flexibility index (Phi) is 5.25. The van der Waals surface area contributed by atoms with Gasteiger partial charge in [0.2, 0.25) is 11.8 Å². The van der Waals surface area contributed by atoms with E-state index >= 15 is 0 Å². The van der Waals surface area contributed by atoms with Crippen LogP contribution in [0.4, 0.5) is 0 Å². The van der Waals surface area contributed by atoms with Crippen molar-refractivity contribution >= 4 is 11.8 Å². The zero-order chi connectivity index (χ0) is 18.0. The molecule has 6 nitrogen and oxygen atoms in total. The van der Waals surface area contributed by atoms with Crippen LogP contribution in [0.2, 0.25) is 0 Å². The molecule has 3 rings (SSSR count). The summed E-state index contributed by atoms with van der Waals surface area (Å²) in [5, 5.41) is 2.91. The first-order valence-corrected chi connectivity index (χ1v) is 9.20. The van der Waals surface area contributed by atoms with Crippen LogP contribution in [0.25, 0.3) is 0 Å². The average molecular weight is 345 g/mol. The zero-order valence-electron chi connectivity index (χ0n) is 15.3. The van der Waals surface area contributed by atoms with Crippen molar-refractivity contribution in [2.75, 3.05) is 7.11 Å². The largest absolute Gasteiger partial charge is 0.481 e. The van der Waals surface area contributed by atoms with Crippen LogP contribution in [-0.2, 0) is 17.9 Å². The molecule has 1 fully saturated rings. The highest BCUT2D eigenvalue weighted by Gasteiger charge is 2.35. The molecule has 1 N–H and O–H groups in total. The highest BCUT2D eigenvalue weighted by Crippen LogP contribution is 2.33. The summed E-state index contributed by atoms with van der Waals surface area (Å²) in [4.78, 5) is 31.3. The molecule has 2 heterocycles. The van der Waals surface area contributed by atoms with Gasteiger partial charge in [0.15, 0.2) is 0 Å². The van der Waals surface area contributed by atoms with Crippen molar-refractivity contribution in [3.05, 3.63) is 22.9 Å². The Morgan fingerprint density at radius 3 is 2.80 bits per heavy atom. The third kappa shape index (κ3) is 3.48. The highest BCUT2D eigenvalue weighted by molar-refractivity contribution is 5.98.